The molecule has 0 bridgehead atoms. The third-order valence-corrected chi connectivity index (χ3v) is 2.64. The summed E-state index contributed by atoms with van der Waals surface area (Å²) in [5.74, 6) is 0. The molecule has 0 aromatic carbocycles. The molecule has 0 spiro atoms. The maximum absolute atomic E-state index is 5.74. The summed E-state index contributed by atoms with van der Waals surface area (Å²) in [5.41, 5.74) is 0. The highest BCUT2D eigenvalue weighted by Gasteiger charge is 2.14. The molecular weight excluding hydrogens is 178 g/mol. The Balaban J connectivity index is 1.75. The van der Waals surface area contributed by atoms with E-state index in [1.807, 2.05) is 0 Å². The van der Waals surface area contributed by atoms with Crippen LogP contribution in [-0.2, 0) is 9.47 Å². The fourth-order valence-corrected chi connectivity index (χ4v) is 1.80. The molecule has 1 rings (SSSR count). The van der Waals surface area contributed by atoms with Gasteiger partial charge in [0.1, 0.15) is 0 Å². The number of hydrogen-bond acceptors (Lipinski definition) is 3. The number of methoxy groups -OCH3 is 1. The van der Waals surface area contributed by atoms with Gasteiger partial charge < -0.3 is 14.8 Å². The second-order valence-corrected chi connectivity index (χ2v) is 3.87. The minimum atomic E-state index is 0.564. The van der Waals surface area contributed by atoms with Crippen molar-refractivity contribution >= 4 is 0 Å². The first kappa shape index (κ1) is 12.0. The van der Waals surface area contributed by atoms with E-state index >= 15 is 0 Å². The monoisotopic (exact) mass is 201 g/mol. The summed E-state index contributed by atoms with van der Waals surface area (Å²) < 4.78 is 10.7. The van der Waals surface area contributed by atoms with Crippen LogP contribution in [0.5, 0.6) is 0 Å². The van der Waals surface area contributed by atoms with Crippen LogP contribution in [0.25, 0.3) is 0 Å². The summed E-state index contributed by atoms with van der Waals surface area (Å²) in [5, 5.41) is 3.31. The molecule has 1 N–H and O–H groups in total. The first-order chi connectivity index (χ1) is 6.93. The normalized spacial score (nSPS) is 17.8. The fourth-order valence-electron chi connectivity index (χ4n) is 1.80. The molecule has 3 heteroatoms. The molecule has 0 radical (unpaired) electrons. The number of hydrogen-bond donors (Lipinski definition) is 1. The van der Waals surface area contributed by atoms with Crippen LogP contribution >= 0.6 is 0 Å². The predicted molar refractivity (Wildman–Crippen MR) is 57.6 cm³/mol. The Morgan fingerprint density at radius 1 is 1.14 bits per heavy atom. The van der Waals surface area contributed by atoms with E-state index in [-0.39, 0.29) is 0 Å². The molecule has 0 heterocycles. The summed E-state index contributed by atoms with van der Waals surface area (Å²) in [4.78, 5) is 0. The molecule has 0 atom stereocenters. The Labute approximate surface area is 87.2 Å². The van der Waals surface area contributed by atoms with Gasteiger partial charge >= 0.3 is 0 Å². The van der Waals surface area contributed by atoms with Crippen molar-refractivity contribution < 1.29 is 9.47 Å². The van der Waals surface area contributed by atoms with Gasteiger partial charge in [0.15, 0.2) is 0 Å². The van der Waals surface area contributed by atoms with E-state index in [0.29, 0.717) is 6.10 Å². The van der Waals surface area contributed by atoms with Crippen molar-refractivity contribution in [2.24, 2.45) is 0 Å². The summed E-state index contributed by atoms with van der Waals surface area (Å²) in [7, 11) is 1.73. The van der Waals surface area contributed by atoms with Crippen molar-refractivity contribution in [2.75, 3.05) is 33.4 Å². The third kappa shape index (κ3) is 5.58. The van der Waals surface area contributed by atoms with Gasteiger partial charge in [-0.25, -0.2) is 0 Å². The van der Waals surface area contributed by atoms with Crippen LogP contribution < -0.4 is 5.32 Å². The highest BCUT2D eigenvalue weighted by atomic mass is 16.5. The fraction of sp³-hybridized carbons (Fsp3) is 1.00. The zero-order chi connectivity index (χ0) is 10.1. The number of nitrogens with one attached hydrogen (secondary N) is 1. The molecule has 0 unspecified atom stereocenters. The van der Waals surface area contributed by atoms with Crippen LogP contribution in [0.4, 0.5) is 0 Å². The van der Waals surface area contributed by atoms with Gasteiger partial charge in [0.05, 0.1) is 12.7 Å². The Morgan fingerprint density at radius 3 is 2.64 bits per heavy atom. The van der Waals surface area contributed by atoms with Gasteiger partial charge in [-0.05, 0) is 25.8 Å². The Hall–Kier alpha value is -0.120. The van der Waals surface area contributed by atoms with Crippen LogP contribution in [0.3, 0.4) is 0 Å². The molecule has 1 aliphatic carbocycles. The van der Waals surface area contributed by atoms with Crippen molar-refractivity contribution in [1.82, 2.24) is 5.32 Å². The van der Waals surface area contributed by atoms with Gasteiger partial charge in [-0.3, -0.25) is 0 Å². The van der Waals surface area contributed by atoms with Gasteiger partial charge in [-0.1, -0.05) is 12.8 Å². The second kappa shape index (κ2) is 8.21. The molecule has 0 saturated heterocycles. The minimum Gasteiger partial charge on any atom is -0.383 e. The Kier molecular flexibility index (Phi) is 7.01. The lowest BCUT2D eigenvalue weighted by atomic mass is 10.3. The first-order valence-corrected chi connectivity index (χ1v) is 5.74. The minimum absolute atomic E-state index is 0.564. The summed E-state index contributed by atoms with van der Waals surface area (Å²) in [6.45, 7) is 3.68. The van der Waals surface area contributed by atoms with Crippen molar-refractivity contribution in [3.63, 3.8) is 0 Å². The zero-order valence-electron chi connectivity index (χ0n) is 9.26. The molecule has 14 heavy (non-hydrogen) atoms. The standard InChI is InChI=1S/C11H23NO2/c1-13-10-8-12-7-4-9-14-11-5-2-3-6-11/h11-12H,2-10H2,1H3. The lowest BCUT2D eigenvalue weighted by Gasteiger charge is -2.10. The average molecular weight is 201 g/mol. The van der Waals surface area contributed by atoms with Gasteiger partial charge in [-0.2, -0.15) is 0 Å². The van der Waals surface area contributed by atoms with E-state index in [1.54, 1.807) is 7.11 Å². The van der Waals surface area contributed by atoms with Crippen molar-refractivity contribution in [2.45, 2.75) is 38.2 Å². The van der Waals surface area contributed by atoms with Crippen LogP contribution in [-0.4, -0.2) is 39.5 Å². The lowest BCUT2D eigenvalue weighted by Crippen LogP contribution is -2.22. The van der Waals surface area contributed by atoms with Crippen molar-refractivity contribution in [3.05, 3.63) is 0 Å². The van der Waals surface area contributed by atoms with Crippen LogP contribution in [0.15, 0.2) is 0 Å². The molecule has 0 amide bonds. The summed E-state index contributed by atoms with van der Waals surface area (Å²) in [6.07, 6.45) is 6.94. The smallest absolute Gasteiger partial charge is 0.0587 e. The summed E-state index contributed by atoms with van der Waals surface area (Å²) in [6, 6.07) is 0. The molecular formula is C11H23NO2. The lowest BCUT2D eigenvalue weighted by molar-refractivity contribution is 0.0567. The zero-order valence-corrected chi connectivity index (χ0v) is 9.26. The number of rotatable bonds is 8. The third-order valence-electron chi connectivity index (χ3n) is 2.64. The SMILES string of the molecule is COCCNCCCOC1CCCC1. The van der Waals surface area contributed by atoms with Crippen molar-refractivity contribution in [3.8, 4) is 0 Å². The van der Waals surface area contributed by atoms with E-state index in [2.05, 4.69) is 5.32 Å². The van der Waals surface area contributed by atoms with Crippen LogP contribution in [0.1, 0.15) is 32.1 Å². The number of ether oxygens (including phenoxy) is 2. The molecule has 0 aliphatic heterocycles. The Morgan fingerprint density at radius 2 is 1.93 bits per heavy atom. The molecule has 0 aromatic heterocycles. The predicted octanol–water partition coefficient (Wildman–Crippen LogP) is 1.57. The van der Waals surface area contributed by atoms with Crippen LogP contribution in [0, 0.1) is 0 Å². The van der Waals surface area contributed by atoms with Gasteiger partial charge in [0.25, 0.3) is 0 Å². The molecule has 0 aromatic rings. The molecule has 1 fully saturated rings. The maximum atomic E-state index is 5.74. The highest BCUT2D eigenvalue weighted by Crippen LogP contribution is 2.20. The van der Waals surface area contributed by atoms with E-state index in [0.717, 1.165) is 32.7 Å². The van der Waals surface area contributed by atoms with Crippen molar-refractivity contribution in [1.29, 1.82) is 0 Å². The van der Waals surface area contributed by atoms with Gasteiger partial charge in [-0.15, -0.1) is 0 Å². The van der Waals surface area contributed by atoms with Gasteiger partial charge in [0, 0.05) is 20.3 Å². The summed E-state index contributed by atoms with van der Waals surface area (Å²) >= 11 is 0. The van der Waals surface area contributed by atoms with E-state index in [1.165, 1.54) is 25.7 Å². The quantitative estimate of drug-likeness (QED) is 0.605. The molecule has 84 valence electrons. The van der Waals surface area contributed by atoms with E-state index in [4.69, 9.17) is 9.47 Å². The molecule has 3 nitrogen and oxygen atoms in total. The average Bonchev–Trinajstić information content (AvgIpc) is 2.69. The van der Waals surface area contributed by atoms with E-state index < -0.39 is 0 Å². The first-order valence-electron chi connectivity index (χ1n) is 5.74. The Bertz CT molecular complexity index is 124. The second-order valence-electron chi connectivity index (χ2n) is 3.87. The largest absolute Gasteiger partial charge is 0.383 e. The van der Waals surface area contributed by atoms with Gasteiger partial charge in [0.2, 0.25) is 0 Å². The molecule has 1 aliphatic rings. The molecule has 1 saturated carbocycles. The van der Waals surface area contributed by atoms with Crippen LogP contribution in [0.2, 0.25) is 0 Å². The topological polar surface area (TPSA) is 30.5 Å². The maximum Gasteiger partial charge on any atom is 0.0587 e. The van der Waals surface area contributed by atoms with E-state index in [9.17, 15) is 0 Å². The highest BCUT2D eigenvalue weighted by molar-refractivity contribution is 4.66.